The zero-order chi connectivity index (χ0) is 16.1. The molecule has 0 N–H and O–H groups in total. The minimum atomic E-state index is -0.522. The number of hydrogen-bond donors (Lipinski definition) is 0. The van der Waals surface area contributed by atoms with Gasteiger partial charge in [0.1, 0.15) is 6.04 Å². The van der Waals surface area contributed by atoms with Crippen molar-refractivity contribution >= 4 is 45.7 Å². The van der Waals surface area contributed by atoms with Gasteiger partial charge in [-0.2, -0.15) is 0 Å². The van der Waals surface area contributed by atoms with E-state index in [2.05, 4.69) is 15.9 Å². The lowest BCUT2D eigenvalue weighted by Gasteiger charge is -2.43. The molecule has 3 rings (SSSR count). The molecular formula is C16H16BrNO3S. The molecule has 3 atom stereocenters. The predicted molar refractivity (Wildman–Crippen MR) is 89.5 cm³/mol. The molecule has 2 saturated heterocycles. The van der Waals surface area contributed by atoms with E-state index in [1.807, 2.05) is 13.8 Å². The summed E-state index contributed by atoms with van der Waals surface area (Å²) in [6.07, 6.45) is 0.693. The Bertz CT molecular complexity index is 661. The summed E-state index contributed by atoms with van der Waals surface area (Å²) in [7, 11) is 0. The number of hydrogen-bond acceptors (Lipinski definition) is 4. The van der Waals surface area contributed by atoms with Gasteiger partial charge in [0, 0.05) is 21.2 Å². The molecule has 0 bridgehead atoms. The van der Waals surface area contributed by atoms with Gasteiger partial charge in [0.05, 0.1) is 11.3 Å². The van der Waals surface area contributed by atoms with Crippen molar-refractivity contribution in [1.29, 1.82) is 0 Å². The Morgan fingerprint density at radius 2 is 2.09 bits per heavy atom. The van der Waals surface area contributed by atoms with Crippen molar-refractivity contribution in [3.8, 4) is 0 Å². The first-order valence-electron chi connectivity index (χ1n) is 7.06. The summed E-state index contributed by atoms with van der Waals surface area (Å²) in [4.78, 5) is 38.2. The molecule has 1 aromatic carbocycles. The number of Topliss-reactive ketones (excluding diaryl/α,β-unsaturated/α-hetero) is 1. The second-order valence-corrected chi connectivity index (χ2v) is 8.51. The number of β-lactam (4-membered cyclic amide) rings is 1. The average molecular weight is 382 g/mol. The van der Waals surface area contributed by atoms with Gasteiger partial charge in [-0.25, -0.2) is 0 Å². The maximum atomic E-state index is 13.0. The molecule has 1 aromatic rings. The molecule has 0 unspecified atom stereocenters. The Labute approximate surface area is 141 Å². The van der Waals surface area contributed by atoms with E-state index in [0.717, 1.165) is 0 Å². The normalized spacial score (nSPS) is 29.0. The molecule has 0 saturated carbocycles. The number of benzene rings is 1. The number of alkyl halides is 1. The van der Waals surface area contributed by atoms with Crippen LogP contribution >= 0.6 is 27.7 Å². The standard InChI is InChI=1S/C16H16BrNO3S/c1-16(2)13(18-14(21)11(7-17)15(18)22-16)12(20)10-6-4-3-5-9(10)8-19/h3-6,8,11,13,15H,7H2,1-2H3/t11-,13+,15-/m1/s1. The lowest BCUT2D eigenvalue weighted by atomic mass is 9.87. The lowest BCUT2D eigenvalue weighted by molar-refractivity contribution is -0.150. The van der Waals surface area contributed by atoms with Crippen molar-refractivity contribution in [3.63, 3.8) is 0 Å². The SMILES string of the molecule is CC1(C)S[C@@H]2[C@H](CBr)C(=O)N2[C@H]1C(=O)c1ccccc1C=O. The van der Waals surface area contributed by atoms with Crippen LogP contribution in [0.4, 0.5) is 0 Å². The minimum absolute atomic E-state index is 0.0156. The number of carbonyl (C=O) groups excluding carboxylic acids is 3. The smallest absolute Gasteiger partial charge is 0.231 e. The van der Waals surface area contributed by atoms with Gasteiger partial charge in [-0.3, -0.25) is 14.4 Å². The third-order valence-electron chi connectivity index (χ3n) is 4.32. The van der Waals surface area contributed by atoms with Gasteiger partial charge in [-0.15, -0.1) is 11.8 Å². The van der Waals surface area contributed by atoms with Gasteiger partial charge >= 0.3 is 0 Å². The number of ketones is 1. The van der Waals surface area contributed by atoms with Crippen LogP contribution in [0.25, 0.3) is 0 Å². The second-order valence-electron chi connectivity index (χ2n) is 6.09. The zero-order valence-corrected chi connectivity index (χ0v) is 14.7. The van der Waals surface area contributed by atoms with Crippen molar-refractivity contribution in [2.24, 2.45) is 5.92 Å². The highest BCUT2D eigenvalue weighted by Crippen LogP contribution is 2.54. The van der Waals surface area contributed by atoms with Crippen LogP contribution in [0.2, 0.25) is 0 Å². The van der Waals surface area contributed by atoms with E-state index in [4.69, 9.17) is 0 Å². The maximum absolute atomic E-state index is 13.0. The van der Waals surface area contributed by atoms with Crippen LogP contribution in [0.1, 0.15) is 34.6 Å². The molecule has 0 aromatic heterocycles. The molecule has 1 amide bonds. The van der Waals surface area contributed by atoms with Gasteiger partial charge < -0.3 is 4.90 Å². The quantitative estimate of drug-likeness (QED) is 0.348. The molecule has 0 aliphatic carbocycles. The van der Waals surface area contributed by atoms with E-state index in [-0.39, 0.29) is 27.7 Å². The van der Waals surface area contributed by atoms with Crippen LogP contribution in [-0.2, 0) is 4.79 Å². The first-order chi connectivity index (χ1) is 10.4. The third kappa shape index (κ3) is 2.15. The van der Waals surface area contributed by atoms with Crippen molar-refractivity contribution < 1.29 is 14.4 Å². The topological polar surface area (TPSA) is 54.5 Å². The summed E-state index contributed by atoms with van der Waals surface area (Å²) >= 11 is 5.04. The molecule has 2 fully saturated rings. The molecule has 4 nitrogen and oxygen atoms in total. The van der Waals surface area contributed by atoms with Crippen molar-refractivity contribution in [2.75, 3.05) is 5.33 Å². The Morgan fingerprint density at radius 1 is 1.41 bits per heavy atom. The van der Waals surface area contributed by atoms with E-state index in [1.165, 1.54) is 0 Å². The largest absolute Gasteiger partial charge is 0.318 e. The molecule has 2 aliphatic rings. The Kier molecular flexibility index (Phi) is 3.93. The first-order valence-corrected chi connectivity index (χ1v) is 9.07. The minimum Gasteiger partial charge on any atom is -0.318 e. The summed E-state index contributed by atoms with van der Waals surface area (Å²) in [5.41, 5.74) is 0.772. The van der Waals surface area contributed by atoms with Crippen LogP contribution in [0.5, 0.6) is 0 Å². The predicted octanol–water partition coefficient (Wildman–Crippen LogP) is 2.76. The van der Waals surface area contributed by atoms with E-state index in [9.17, 15) is 14.4 Å². The summed E-state index contributed by atoms with van der Waals surface area (Å²) in [5, 5.41) is 0.654. The van der Waals surface area contributed by atoms with Crippen molar-refractivity contribution in [2.45, 2.75) is 30.0 Å². The summed E-state index contributed by atoms with van der Waals surface area (Å²) < 4.78 is -0.371. The van der Waals surface area contributed by atoms with Crippen LogP contribution in [0, 0.1) is 5.92 Å². The van der Waals surface area contributed by atoms with Crippen LogP contribution in [-0.4, -0.2) is 44.4 Å². The van der Waals surface area contributed by atoms with Crippen LogP contribution < -0.4 is 0 Å². The third-order valence-corrected chi connectivity index (χ3v) is 6.64. The number of fused-ring (bicyclic) bond motifs is 1. The number of halogens is 1. The fourth-order valence-electron chi connectivity index (χ4n) is 3.23. The van der Waals surface area contributed by atoms with Gasteiger partial charge in [0.2, 0.25) is 5.91 Å². The number of thioether (sulfide) groups is 1. The number of amides is 1. The molecule has 116 valence electrons. The van der Waals surface area contributed by atoms with Crippen molar-refractivity contribution in [3.05, 3.63) is 35.4 Å². The van der Waals surface area contributed by atoms with E-state index < -0.39 is 6.04 Å². The number of rotatable bonds is 4. The highest BCUT2D eigenvalue weighted by atomic mass is 79.9. The first kappa shape index (κ1) is 15.7. The summed E-state index contributed by atoms with van der Waals surface area (Å²) in [6, 6.07) is 6.24. The fourth-order valence-corrected chi connectivity index (χ4v) is 5.80. The molecule has 2 aliphatic heterocycles. The maximum Gasteiger partial charge on any atom is 0.231 e. The molecule has 22 heavy (non-hydrogen) atoms. The van der Waals surface area contributed by atoms with E-state index >= 15 is 0 Å². The molecule has 2 heterocycles. The fraction of sp³-hybridized carbons (Fsp3) is 0.438. The Morgan fingerprint density at radius 3 is 2.73 bits per heavy atom. The number of nitrogens with zero attached hydrogens (tertiary/aromatic N) is 1. The highest BCUT2D eigenvalue weighted by molar-refractivity contribution is 9.09. The van der Waals surface area contributed by atoms with Gasteiger partial charge in [0.25, 0.3) is 0 Å². The van der Waals surface area contributed by atoms with Gasteiger partial charge in [-0.05, 0) is 13.8 Å². The zero-order valence-electron chi connectivity index (χ0n) is 12.3. The molecule has 0 spiro atoms. The van der Waals surface area contributed by atoms with Crippen LogP contribution in [0.15, 0.2) is 24.3 Å². The van der Waals surface area contributed by atoms with E-state index in [0.29, 0.717) is 22.7 Å². The highest BCUT2D eigenvalue weighted by Gasteiger charge is 2.62. The van der Waals surface area contributed by atoms with Crippen LogP contribution in [0.3, 0.4) is 0 Å². The monoisotopic (exact) mass is 381 g/mol. The average Bonchev–Trinajstić information content (AvgIpc) is 2.75. The second kappa shape index (κ2) is 5.49. The lowest BCUT2D eigenvalue weighted by Crippen LogP contribution is -2.63. The number of carbonyl (C=O) groups is 3. The van der Waals surface area contributed by atoms with Crippen molar-refractivity contribution in [1.82, 2.24) is 4.90 Å². The van der Waals surface area contributed by atoms with E-state index in [1.54, 1.807) is 40.9 Å². The Hall–Kier alpha value is -1.14. The summed E-state index contributed by atoms with van der Waals surface area (Å²) in [6.45, 7) is 3.97. The van der Waals surface area contributed by atoms with Gasteiger partial charge in [0.15, 0.2) is 12.1 Å². The summed E-state index contributed by atoms with van der Waals surface area (Å²) in [5.74, 6) is -0.200. The van der Waals surface area contributed by atoms with Gasteiger partial charge in [-0.1, -0.05) is 40.2 Å². The number of aldehydes is 1. The molecule has 6 heteroatoms. The molecule has 0 radical (unpaired) electrons. The molecular weight excluding hydrogens is 366 g/mol. The Balaban J connectivity index is 1.98.